The second kappa shape index (κ2) is 8.89. The Morgan fingerprint density at radius 3 is 2.52 bits per heavy atom. The molecule has 0 saturated heterocycles. The number of ether oxygens (including phenoxy) is 1. The minimum absolute atomic E-state index is 0.163. The van der Waals surface area contributed by atoms with Gasteiger partial charge in [0.05, 0.1) is 17.9 Å². The van der Waals surface area contributed by atoms with Gasteiger partial charge < -0.3 is 10.1 Å². The van der Waals surface area contributed by atoms with Crippen LogP contribution in [-0.2, 0) is 9.53 Å². The molecule has 2 aromatic rings. The third-order valence-corrected chi connectivity index (χ3v) is 3.59. The number of thioether (sulfide) groups is 1. The predicted molar refractivity (Wildman–Crippen MR) is 88.4 cm³/mol. The number of carbonyl (C=O) groups is 2. The highest BCUT2D eigenvalue weighted by molar-refractivity contribution is 7.99. The van der Waals surface area contributed by atoms with Gasteiger partial charge in [-0.2, -0.15) is 0 Å². The van der Waals surface area contributed by atoms with Crippen LogP contribution in [0.25, 0.3) is 0 Å². The van der Waals surface area contributed by atoms with Gasteiger partial charge >= 0.3 is 5.97 Å². The Bertz CT molecular complexity index is 647. The number of hydrogen-bond acceptors (Lipinski definition) is 6. The maximum absolute atomic E-state index is 11.9. The minimum atomic E-state index is -0.360. The van der Waals surface area contributed by atoms with E-state index in [4.69, 9.17) is 4.74 Å². The smallest absolute Gasteiger partial charge is 0.338 e. The number of esters is 1. The topological polar surface area (TPSA) is 81.2 Å². The van der Waals surface area contributed by atoms with Crippen LogP contribution in [-0.4, -0.2) is 34.2 Å². The summed E-state index contributed by atoms with van der Waals surface area (Å²) in [5, 5.41) is 3.31. The van der Waals surface area contributed by atoms with Gasteiger partial charge in [0.2, 0.25) is 5.91 Å². The monoisotopic (exact) mass is 331 g/mol. The number of nitrogens with one attached hydrogen (secondary N) is 1. The molecular formula is C16H17N3O3S. The molecule has 23 heavy (non-hydrogen) atoms. The number of aromatic nitrogens is 2. The molecular weight excluding hydrogens is 314 g/mol. The van der Waals surface area contributed by atoms with Crippen molar-refractivity contribution < 1.29 is 14.3 Å². The standard InChI is InChI=1S/C16H17N3O3S/c1-2-10-22-15(21)12-4-6-13(7-5-12)19-14(20)11-23-16-17-8-3-9-18-16/h3-9H,2,10-11H2,1H3,(H,19,20). The Morgan fingerprint density at radius 2 is 1.87 bits per heavy atom. The van der Waals surface area contributed by atoms with Crippen molar-refractivity contribution in [3.8, 4) is 0 Å². The van der Waals surface area contributed by atoms with Crippen LogP contribution < -0.4 is 5.32 Å². The Morgan fingerprint density at radius 1 is 1.17 bits per heavy atom. The summed E-state index contributed by atoms with van der Waals surface area (Å²) in [5.74, 6) is -0.310. The molecule has 0 radical (unpaired) electrons. The maximum Gasteiger partial charge on any atom is 0.338 e. The number of amides is 1. The molecule has 0 aliphatic heterocycles. The second-order valence-corrected chi connectivity index (χ2v) is 5.52. The van der Waals surface area contributed by atoms with E-state index >= 15 is 0 Å². The summed E-state index contributed by atoms with van der Waals surface area (Å²) in [6, 6.07) is 8.31. The molecule has 0 aliphatic rings. The maximum atomic E-state index is 11.9. The van der Waals surface area contributed by atoms with E-state index in [1.54, 1.807) is 42.7 Å². The SMILES string of the molecule is CCCOC(=O)c1ccc(NC(=O)CSc2ncccn2)cc1. The van der Waals surface area contributed by atoms with E-state index < -0.39 is 0 Å². The molecule has 120 valence electrons. The normalized spacial score (nSPS) is 10.1. The number of anilines is 1. The van der Waals surface area contributed by atoms with Gasteiger partial charge in [-0.25, -0.2) is 14.8 Å². The first-order valence-electron chi connectivity index (χ1n) is 7.16. The van der Waals surface area contributed by atoms with E-state index in [9.17, 15) is 9.59 Å². The van der Waals surface area contributed by atoms with Crippen molar-refractivity contribution in [2.45, 2.75) is 18.5 Å². The molecule has 0 aliphatic carbocycles. The van der Waals surface area contributed by atoms with Crippen molar-refractivity contribution in [1.82, 2.24) is 9.97 Å². The van der Waals surface area contributed by atoms with Crippen molar-refractivity contribution in [3.63, 3.8) is 0 Å². The molecule has 1 aromatic heterocycles. The molecule has 6 nitrogen and oxygen atoms in total. The average molecular weight is 331 g/mol. The summed E-state index contributed by atoms with van der Waals surface area (Å²) in [6.45, 7) is 2.33. The van der Waals surface area contributed by atoms with Crippen LogP contribution in [0.4, 0.5) is 5.69 Å². The summed E-state index contributed by atoms with van der Waals surface area (Å²) in [7, 11) is 0. The van der Waals surface area contributed by atoms with Gasteiger partial charge in [0.15, 0.2) is 5.16 Å². The number of rotatable bonds is 7. The zero-order chi connectivity index (χ0) is 16.5. The van der Waals surface area contributed by atoms with Gasteiger partial charge in [-0.05, 0) is 36.8 Å². The zero-order valence-electron chi connectivity index (χ0n) is 12.7. The van der Waals surface area contributed by atoms with Crippen LogP contribution in [0.2, 0.25) is 0 Å². The molecule has 1 aromatic carbocycles. The summed E-state index contributed by atoms with van der Waals surface area (Å²) in [5.41, 5.74) is 1.08. The Kier molecular flexibility index (Phi) is 6.56. The highest BCUT2D eigenvalue weighted by atomic mass is 32.2. The first-order valence-corrected chi connectivity index (χ1v) is 8.14. The molecule has 0 unspecified atom stereocenters. The van der Waals surface area contributed by atoms with Gasteiger partial charge in [-0.1, -0.05) is 18.7 Å². The van der Waals surface area contributed by atoms with Gasteiger partial charge in [0.25, 0.3) is 0 Å². The van der Waals surface area contributed by atoms with Gasteiger partial charge in [-0.3, -0.25) is 4.79 Å². The van der Waals surface area contributed by atoms with Crippen molar-refractivity contribution in [2.75, 3.05) is 17.7 Å². The quantitative estimate of drug-likeness (QED) is 0.477. The van der Waals surface area contributed by atoms with Crippen molar-refractivity contribution in [1.29, 1.82) is 0 Å². The molecule has 7 heteroatoms. The molecule has 1 amide bonds. The first-order chi connectivity index (χ1) is 11.2. The largest absolute Gasteiger partial charge is 0.462 e. The van der Waals surface area contributed by atoms with Crippen LogP contribution in [0.1, 0.15) is 23.7 Å². The molecule has 0 saturated carbocycles. The Hall–Kier alpha value is -2.41. The van der Waals surface area contributed by atoms with Crippen LogP contribution in [0.15, 0.2) is 47.9 Å². The van der Waals surface area contributed by atoms with Gasteiger partial charge in [-0.15, -0.1) is 0 Å². The Labute approximate surface area is 138 Å². The molecule has 0 atom stereocenters. The summed E-state index contributed by atoms with van der Waals surface area (Å²) < 4.78 is 5.04. The Balaban J connectivity index is 1.83. The number of benzene rings is 1. The fraction of sp³-hybridized carbons (Fsp3) is 0.250. The molecule has 0 fully saturated rings. The van der Waals surface area contributed by atoms with Crippen molar-refractivity contribution in [2.24, 2.45) is 0 Å². The summed E-state index contributed by atoms with van der Waals surface area (Å²) >= 11 is 1.26. The van der Waals surface area contributed by atoms with Gasteiger partial charge in [0, 0.05) is 18.1 Å². The highest BCUT2D eigenvalue weighted by Crippen LogP contribution is 2.14. The molecule has 0 bridgehead atoms. The van der Waals surface area contributed by atoms with Crippen LogP contribution in [0.5, 0.6) is 0 Å². The molecule has 0 spiro atoms. The zero-order valence-corrected chi connectivity index (χ0v) is 13.5. The lowest BCUT2D eigenvalue weighted by atomic mass is 10.2. The summed E-state index contributed by atoms with van der Waals surface area (Å²) in [4.78, 5) is 31.6. The van der Waals surface area contributed by atoms with E-state index in [0.29, 0.717) is 23.0 Å². The molecule has 1 N–H and O–H groups in total. The number of nitrogens with zero attached hydrogens (tertiary/aromatic N) is 2. The second-order valence-electron chi connectivity index (χ2n) is 4.58. The highest BCUT2D eigenvalue weighted by Gasteiger charge is 2.08. The lowest BCUT2D eigenvalue weighted by molar-refractivity contribution is -0.113. The molecule has 1 heterocycles. The fourth-order valence-electron chi connectivity index (χ4n) is 1.65. The number of carbonyl (C=O) groups excluding carboxylic acids is 2. The van der Waals surface area contributed by atoms with E-state index in [-0.39, 0.29) is 17.6 Å². The molecule has 2 rings (SSSR count). The fourth-order valence-corrected chi connectivity index (χ4v) is 2.26. The third kappa shape index (κ3) is 5.71. The van der Waals surface area contributed by atoms with Crippen LogP contribution >= 0.6 is 11.8 Å². The van der Waals surface area contributed by atoms with E-state index in [1.165, 1.54) is 11.8 Å². The van der Waals surface area contributed by atoms with E-state index in [1.807, 2.05) is 6.92 Å². The first kappa shape index (κ1) is 17.0. The van der Waals surface area contributed by atoms with Gasteiger partial charge in [0.1, 0.15) is 0 Å². The van der Waals surface area contributed by atoms with Crippen LogP contribution in [0.3, 0.4) is 0 Å². The predicted octanol–water partition coefficient (Wildman–Crippen LogP) is 2.77. The van der Waals surface area contributed by atoms with Crippen molar-refractivity contribution in [3.05, 3.63) is 48.3 Å². The lowest BCUT2D eigenvalue weighted by Gasteiger charge is -2.06. The summed E-state index contributed by atoms with van der Waals surface area (Å²) in [6.07, 6.45) is 4.04. The van der Waals surface area contributed by atoms with Crippen LogP contribution in [0, 0.1) is 0 Å². The van der Waals surface area contributed by atoms with Crippen molar-refractivity contribution >= 4 is 29.3 Å². The number of hydrogen-bond donors (Lipinski definition) is 1. The van der Waals surface area contributed by atoms with E-state index in [2.05, 4.69) is 15.3 Å². The lowest BCUT2D eigenvalue weighted by Crippen LogP contribution is -2.14. The average Bonchev–Trinajstić information content (AvgIpc) is 2.59. The minimum Gasteiger partial charge on any atom is -0.462 e. The van der Waals surface area contributed by atoms with E-state index in [0.717, 1.165) is 6.42 Å². The third-order valence-electron chi connectivity index (χ3n) is 2.72.